The molecule has 0 aliphatic heterocycles. The topological polar surface area (TPSA) is 75.5 Å². The molecule has 0 aliphatic rings. The van der Waals surface area contributed by atoms with Crippen LogP contribution >= 0.6 is 15.9 Å². The van der Waals surface area contributed by atoms with E-state index in [1.165, 1.54) is 6.07 Å². The second kappa shape index (κ2) is 6.51. The Labute approximate surface area is 120 Å². The Morgan fingerprint density at radius 1 is 1.58 bits per heavy atom. The van der Waals surface area contributed by atoms with Crippen LogP contribution in [0.25, 0.3) is 0 Å². The highest BCUT2D eigenvalue weighted by Crippen LogP contribution is 2.28. The number of halogens is 1. The molecule has 0 radical (unpaired) electrons. The molecule has 19 heavy (non-hydrogen) atoms. The molecular formula is C12H16BrN3O3. The summed E-state index contributed by atoms with van der Waals surface area (Å²) >= 11 is 3.26. The zero-order chi connectivity index (χ0) is 14.6. The van der Waals surface area contributed by atoms with E-state index in [2.05, 4.69) is 21.2 Å². The first-order valence-corrected chi connectivity index (χ1v) is 6.61. The van der Waals surface area contributed by atoms with Crippen LogP contribution < -0.4 is 5.32 Å². The molecule has 1 aromatic rings. The fraction of sp³-hybridized carbons (Fsp3) is 0.417. The van der Waals surface area contributed by atoms with Gasteiger partial charge in [-0.05, 0) is 26.0 Å². The first-order valence-electron chi connectivity index (χ1n) is 5.82. The van der Waals surface area contributed by atoms with Crippen LogP contribution in [0.4, 0.5) is 11.4 Å². The van der Waals surface area contributed by atoms with Crippen LogP contribution in [0.2, 0.25) is 0 Å². The summed E-state index contributed by atoms with van der Waals surface area (Å²) < 4.78 is 0.712. The maximum atomic E-state index is 11.9. The van der Waals surface area contributed by atoms with E-state index in [-0.39, 0.29) is 11.6 Å². The quantitative estimate of drug-likeness (QED) is 0.665. The Kier molecular flexibility index (Phi) is 5.29. The summed E-state index contributed by atoms with van der Waals surface area (Å²) in [5, 5.41) is 13.8. The predicted molar refractivity (Wildman–Crippen MR) is 77.2 cm³/mol. The third-order valence-corrected chi connectivity index (χ3v) is 3.24. The van der Waals surface area contributed by atoms with Crippen molar-refractivity contribution in [1.82, 2.24) is 4.90 Å². The van der Waals surface area contributed by atoms with Gasteiger partial charge < -0.3 is 10.2 Å². The van der Waals surface area contributed by atoms with Gasteiger partial charge in [-0.3, -0.25) is 14.9 Å². The molecule has 104 valence electrons. The first kappa shape index (κ1) is 15.4. The average Bonchev–Trinajstić information content (AvgIpc) is 2.36. The van der Waals surface area contributed by atoms with Crippen molar-refractivity contribution in [1.29, 1.82) is 0 Å². The number of hydrogen-bond acceptors (Lipinski definition) is 4. The van der Waals surface area contributed by atoms with Gasteiger partial charge in [0.15, 0.2) is 0 Å². The van der Waals surface area contributed by atoms with Crippen LogP contribution in [-0.4, -0.2) is 35.4 Å². The van der Waals surface area contributed by atoms with E-state index >= 15 is 0 Å². The molecule has 0 aliphatic carbocycles. The van der Waals surface area contributed by atoms with Crippen molar-refractivity contribution < 1.29 is 9.72 Å². The van der Waals surface area contributed by atoms with Gasteiger partial charge in [0.05, 0.1) is 4.92 Å². The number of benzene rings is 1. The van der Waals surface area contributed by atoms with Gasteiger partial charge in [-0.1, -0.05) is 15.9 Å². The fourth-order valence-corrected chi connectivity index (χ4v) is 1.93. The summed E-state index contributed by atoms with van der Waals surface area (Å²) in [5.74, 6) is -0.114. The molecule has 7 heteroatoms. The highest BCUT2D eigenvalue weighted by Gasteiger charge is 2.20. The summed E-state index contributed by atoms with van der Waals surface area (Å²) in [6.07, 6.45) is 0. The summed E-state index contributed by atoms with van der Waals surface area (Å²) in [5.41, 5.74) is 0.270. The Morgan fingerprint density at radius 3 is 2.74 bits per heavy atom. The minimum Gasteiger partial charge on any atom is -0.368 e. The van der Waals surface area contributed by atoms with Crippen molar-refractivity contribution in [2.45, 2.75) is 19.9 Å². The molecule has 0 saturated carbocycles. The zero-order valence-corrected chi connectivity index (χ0v) is 12.6. The second-order valence-electron chi connectivity index (χ2n) is 4.14. The molecule has 1 aromatic carbocycles. The Morgan fingerprint density at radius 2 is 2.21 bits per heavy atom. The van der Waals surface area contributed by atoms with Crippen LogP contribution in [-0.2, 0) is 4.79 Å². The number of hydrogen-bond donors (Lipinski definition) is 1. The summed E-state index contributed by atoms with van der Waals surface area (Å²) in [6, 6.07) is 4.05. The number of amides is 1. The smallest absolute Gasteiger partial charge is 0.292 e. The van der Waals surface area contributed by atoms with Crippen LogP contribution in [0.1, 0.15) is 13.8 Å². The van der Waals surface area contributed by atoms with Crippen LogP contribution in [0.5, 0.6) is 0 Å². The van der Waals surface area contributed by atoms with Crippen molar-refractivity contribution in [3.05, 3.63) is 32.8 Å². The lowest BCUT2D eigenvalue weighted by molar-refractivity contribution is -0.384. The maximum absolute atomic E-state index is 11.9. The molecule has 6 nitrogen and oxygen atoms in total. The zero-order valence-electron chi connectivity index (χ0n) is 11.0. The molecule has 0 fully saturated rings. The van der Waals surface area contributed by atoms with E-state index < -0.39 is 11.0 Å². The van der Waals surface area contributed by atoms with Crippen LogP contribution in [0.15, 0.2) is 22.7 Å². The number of nitro benzene ring substituents is 1. The van der Waals surface area contributed by atoms with E-state index in [4.69, 9.17) is 0 Å². The number of nitro groups is 1. The highest BCUT2D eigenvalue weighted by molar-refractivity contribution is 9.10. The van der Waals surface area contributed by atoms with Crippen LogP contribution in [0, 0.1) is 10.1 Å². The van der Waals surface area contributed by atoms with E-state index in [1.54, 1.807) is 31.0 Å². The molecule has 0 bridgehead atoms. The second-order valence-corrected chi connectivity index (χ2v) is 5.05. The number of carbonyl (C=O) groups is 1. The van der Waals surface area contributed by atoms with Gasteiger partial charge in [0.2, 0.25) is 5.91 Å². The first-order chi connectivity index (χ1) is 8.86. The van der Waals surface area contributed by atoms with Gasteiger partial charge in [0.25, 0.3) is 5.69 Å². The minimum atomic E-state index is -0.530. The fourth-order valence-electron chi connectivity index (χ4n) is 1.56. The summed E-state index contributed by atoms with van der Waals surface area (Å²) in [7, 11) is 1.69. The van der Waals surface area contributed by atoms with Crippen molar-refractivity contribution in [2.75, 3.05) is 18.9 Å². The molecular weight excluding hydrogens is 314 g/mol. The third kappa shape index (κ3) is 3.92. The van der Waals surface area contributed by atoms with Gasteiger partial charge in [0.1, 0.15) is 11.7 Å². The lowest BCUT2D eigenvalue weighted by Gasteiger charge is -2.21. The average molecular weight is 330 g/mol. The number of nitrogens with zero attached hydrogens (tertiary/aromatic N) is 2. The molecule has 1 atom stereocenters. The molecule has 1 amide bonds. The van der Waals surface area contributed by atoms with E-state index in [9.17, 15) is 14.9 Å². The van der Waals surface area contributed by atoms with E-state index in [0.29, 0.717) is 16.7 Å². The van der Waals surface area contributed by atoms with Gasteiger partial charge >= 0.3 is 0 Å². The summed E-state index contributed by atoms with van der Waals surface area (Å²) in [4.78, 5) is 23.9. The van der Waals surface area contributed by atoms with Gasteiger partial charge in [0, 0.05) is 24.1 Å². The lowest BCUT2D eigenvalue weighted by atomic mass is 10.2. The molecule has 1 rings (SSSR count). The standard InChI is InChI=1S/C12H16BrN3O3/c1-4-15(3)12(17)8(2)14-10-7-9(13)5-6-11(10)16(18)19/h5-8,14H,4H2,1-3H3. The Hall–Kier alpha value is -1.63. The number of anilines is 1. The van der Waals surface area contributed by atoms with Crippen molar-refractivity contribution in [3.63, 3.8) is 0 Å². The number of nitrogens with one attached hydrogen (secondary N) is 1. The molecule has 0 spiro atoms. The molecule has 0 saturated heterocycles. The monoisotopic (exact) mass is 329 g/mol. The van der Waals surface area contributed by atoms with E-state index in [0.717, 1.165) is 0 Å². The van der Waals surface area contributed by atoms with Crippen molar-refractivity contribution >= 4 is 33.2 Å². The van der Waals surface area contributed by atoms with Crippen molar-refractivity contribution in [3.8, 4) is 0 Å². The van der Waals surface area contributed by atoms with E-state index in [1.807, 2.05) is 6.92 Å². The minimum absolute atomic E-state index is 0.0537. The number of carbonyl (C=O) groups excluding carboxylic acids is 1. The lowest BCUT2D eigenvalue weighted by Crippen LogP contribution is -2.38. The predicted octanol–water partition coefficient (Wildman–Crippen LogP) is 2.64. The Balaban J connectivity index is 2.95. The normalized spacial score (nSPS) is 11.8. The molecule has 0 heterocycles. The third-order valence-electron chi connectivity index (χ3n) is 2.75. The van der Waals surface area contributed by atoms with Crippen LogP contribution in [0.3, 0.4) is 0 Å². The molecule has 1 unspecified atom stereocenters. The van der Waals surface area contributed by atoms with Gasteiger partial charge in [-0.2, -0.15) is 0 Å². The van der Waals surface area contributed by atoms with Gasteiger partial charge in [-0.25, -0.2) is 0 Å². The largest absolute Gasteiger partial charge is 0.368 e. The summed E-state index contributed by atoms with van der Waals surface area (Å²) in [6.45, 7) is 4.14. The van der Waals surface area contributed by atoms with Gasteiger partial charge in [-0.15, -0.1) is 0 Å². The Bertz CT molecular complexity index is 493. The highest BCUT2D eigenvalue weighted by atomic mass is 79.9. The molecule has 0 aromatic heterocycles. The number of rotatable bonds is 5. The maximum Gasteiger partial charge on any atom is 0.292 e. The number of likely N-dealkylation sites (N-methyl/N-ethyl adjacent to an activating group) is 1. The SMILES string of the molecule is CCN(C)C(=O)C(C)Nc1cc(Br)ccc1[N+](=O)[O-]. The molecule has 1 N–H and O–H groups in total. The van der Waals surface area contributed by atoms with Crippen molar-refractivity contribution in [2.24, 2.45) is 0 Å².